The number of furan rings is 1. The molecule has 7 heteroatoms. The fourth-order valence-corrected chi connectivity index (χ4v) is 3.86. The number of nitrogens with zero attached hydrogens (tertiary/aromatic N) is 1. The highest BCUT2D eigenvalue weighted by atomic mass is 16.5. The van der Waals surface area contributed by atoms with Gasteiger partial charge in [-0.1, -0.05) is 18.2 Å². The van der Waals surface area contributed by atoms with Crippen molar-refractivity contribution in [2.24, 2.45) is 5.92 Å². The molecule has 7 nitrogen and oxygen atoms in total. The molecule has 0 radical (unpaired) electrons. The second-order valence-corrected chi connectivity index (χ2v) is 7.70. The highest BCUT2D eigenvalue weighted by Gasteiger charge is 2.26. The Balaban J connectivity index is 1.30. The molecule has 162 valence electrons. The molecular formula is C24H26N2O5. The van der Waals surface area contributed by atoms with Crippen molar-refractivity contribution >= 4 is 22.8 Å². The van der Waals surface area contributed by atoms with Gasteiger partial charge in [0.15, 0.2) is 5.76 Å². The summed E-state index contributed by atoms with van der Waals surface area (Å²) in [6.07, 6.45) is 1.65. The quantitative estimate of drug-likeness (QED) is 0.655. The van der Waals surface area contributed by atoms with Crippen molar-refractivity contribution in [1.82, 2.24) is 10.2 Å². The van der Waals surface area contributed by atoms with Crippen LogP contribution in [0.3, 0.4) is 0 Å². The average molecular weight is 422 g/mol. The van der Waals surface area contributed by atoms with E-state index in [9.17, 15) is 9.59 Å². The lowest BCUT2D eigenvalue weighted by atomic mass is 9.96. The van der Waals surface area contributed by atoms with Crippen molar-refractivity contribution in [3.63, 3.8) is 0 Å². The number of para-hydroxylation sites is 1. The van der Waals surface area contributed by atoms with E-state index in [1.54, 1.807) is 38.5 Å². The number of amides is 2. The number of nitrogens with one attached hydrogen (secondary N) is 1. The lowest BCUT2D eigenvalue weighted by molar-refractivity contribution is 0.0655. The van der Waals surface area contributed by atoms with Crippen LogP contribution in [0.1, 0.15) is 33.8 Å². The van der Waals surface area contributed by atoms with Crippen molar-refractivity contribution in [2.75, 3.05) is 33.9 Å². The Kier molecular flexibility index (Phi) is 6.11. The van der Waals surface area contributed by atoms with Gasteiger partial charge < -0.3 is 24.1 Å². The number of hydrogen-bond donors (Lipinski definition) is 1. The third-order valence-corrected chi connectivity index (χ3v) is 5.70. The molecule has 0 bridgehead atoms. The van der Waals surface area contributed by atoms with Gasteiger partial charge in [0.2, 0.25) is 0 Å². The number of methoxy groups -OCH3 is 2. The molecule has 0 atom stereocenters. The molecule has 0 aliphatic carbocycles. The normalized spacial score (nSPS) is 14.5. The van der Waals surface area contributed by atoms with Crippen LogP contribution in [0.4, 0.5) is 0 Å². The zero-order valence-electron chi connectivity index (χ0n) is 17.7. The van der Waals surface area contributed by atoms with Crippen molar-refractivity contribution in [3.8, 4) is 11.5 Å². The molecule has 1 aliphatic heterocycles. The zero-order chi connectivity index (χ0) is 21.8. The van der Waals surface area contributed by atoms with Gasteiger partial charge in [-0.15, -0.1) is 0 Å². The molecular weight excluding hydrogens is 396 g/mol. The number of benzene rings is 2. The third-order valence-electron chi connectivity index (χ3n) is 5.70. The molecule has 0 unspecified atom stereocenters. The van der Waals surface area contributed by atoms with Gasteiger partial charge in [-0.3, -0.25) is 9.59 Å². The minimum Gasteiger partial charge on any atom is -0.497 e. The minimum absolute atomic E-state index is 0.0813. The molecule has 2 amide bonds. The number of rotatable bonds is 6. The van der Waals surface area contributed by atoms with E-state index >= 15 is 0 Å². The van der Waals surface area contributed by atoms with Crippen LogP contribution in [-0.2, 0) is 0 Å². The molecule has 4 rings (SSSR count). The highest BCUT2D eigenvalue weighted by Crippen LogP contribution is 2.24. The first kappa shape index (κ1) is 20.8. The standard InChI is InChI=1S/C24H26N2O5/c1-29-19-11-18(12-20(14-19)30-2)23(27)25-15-16-7-9-26(10-8-16)24(28)22-13-17-5-3-4-6-21(17)31-22/h3-6,11-14,16H,7-10,15H2,1-2H3,(H,25,27). The summed E-state index contributed by atoms with van der Waals surface area (Å²) in [6, 6.07) is 14.5. The van der Waals surface area contributed by atoms with E-state index in [-0.39, 0.29) is 11.8 Å². The maximum atomic E-state index is 12.8. The summed E-state index contributed by atoms with van der Waals surface area (Å²) in [5.74, 6) is 1.58. The van der Waals surface area contributed by atoms with Gasteiger partial charge >= 0.3 is 0 Å². The van der Waals surface area contributed by atoms with Gasteiger partial charge in [0.05, 0.1) is 14.2 Å². The molecule has 3 aromatic rings. The first-order valence-electron chi connectivity index (χ1n) is 10.4. The number of carbonyl (C=O) groups is 2. The van der Waals surface area contributed by atoms with Gasteiger partial charge in [-0.05, 0) is 43.0 Å². The fraction of sp³-hybridized carbons (Fsp3) is 0.333. The summed E-state index contributed by atoms with van der Waals surface area (Å²) in [7, 11) is 3.10. The van der Waals surface area contributed by atoms with Gasteiger partial charge in [0, 0.05) is 36.7 Å². The van der Waals surface area contributed by atoms with Crippen LogP contribution in [0.5, 0.6) is 11.5 Å². The summed E-state index contributed by atoms with van der Waals surface area (Å²) >= 11 is 0. The number of ether oxygens (including phenoxy) is 2. The predicted octanol–water partition coefficient (Wildman–Crippen LogP) is 3.73. The van der Waals surface area contributed by atoms with Crippen molar-refractivity contribution in [1.29, 1.82) is 0 Å². The maximum absolute atomic E-state index is 12.8. The molecule has 2 heterocycles. The Labute approximate surface area is 180 Å². The predicted molar refractivity (Wildman–Crippen MR) is 117 cm³/mol. The monoisotopic (exact) mass is 422 g/mol. The molecule has 2 aromatic carbocycles. The lowest BCUT2D eigenvalue weighted by Gasteiger charge is -2.31. The molecule has 1 aliphatic rings. The van der Waals surface area contributed by atoms with E-state index < -0.39 is 0 Å². The molecule has 1 saturated heterocycles. The first-order chi connectivity index (χ1) is 15.1. The second-order valence-electron chi connectivity index (χ2n) is 7.70. The Morgan fingerprint density at radius 2 is 1.71 bits per heavy atom. The van der Waals surface area contributed by atoms with Crippen LogP contribution in [0, 0.1) is 5.92 Å². The molecule has 0 saturated carbocycles. The summed E-state index contributed by atoms with van der Waals surface area (Å²) in [5, 5.41) is 3.92. The zero-order valence-corrected chi connectivity index (χ0v) is 17.7. The molecule has 1 fully saturated rings. The smallest absolute Gasteiger partial charge is 0.289 e. The summed E-state index contributed by atoms with van der Waals surface area (Å²) in [5.41, 5.74) is 1.21. The minimum atomic E-state index is -0.169. The van der Waals surface area contributed by atoms with E-state index in [2.05, 4.69) is 5.32 Å². The Morgan fingerprint density at radius 1 is 1.03 bits per heavy atom. The van der Waals surface area contributed by atoms with Crippen LogP contribution >= 0.6 is 0 Å². The summed E-state index contributed by atoms with van der Waals surface area (Å²) in [6.45, 7) is 1.85. The Morgan fingerprint density at radius 3 is 2.35 bits per heavy atom. The molecule has 1 N–H and O–H groups in total. The van der Waals surface area contributed by atoms with Crippen LogP contribution in [0.15, 0.2) is 52.9 Å². The topological polar surface area (TPSA) is 81.0 Å². The highest BCUT2D eigenvalue weighted by molar-refractivity contribution is 5.96. The lowest BCUT2D eigenvalue weighted by Crippen LogP contribution is -2.41. The largest absolute Gasteiger partial charge is 0.497 e. The molecule has 1 aromatic heterocycles. The van der Waals surface area contributed by atoms with Crippen LogP contribution in [0.25, 0.3) is 11.0 Å². The van der Waals surface area contributed by atoms with E-state index in [0.717, 1.165) is 23.8 Å². The van der Waals surface area contributed by atoms with Crippen molar-refractivity contribution in [3.05, 3.63) is 59.9 Å². The van der Waals surface area contributed by atoms with E-state index in [1.165, 1.54) is 0 Å². The molecule has 0 spiro atoms. The maximum Gasteiger partial charge on any atom is 0.289 e. The number of piperidine rings is 1. The number of likely N-dealkylation sites (tertiary alicyclic amines) is 1. The fourth-order valence-electron chi connectivity index (χ4n) is 3.86. The van der Waals surface area contributed by atoms with Gasteiger partial charge in [-0.2, -0.15) is 0 Å². The van der Waals surface area contributed by atoms with Gasteiger partial charge in [0.25, 0.3) is 11.8 Å². The van der Waals surface area contributed by atoms with Crippen LogP contribution in [0.2, 0.25) is 0 Å². The van der Waals surface area contributed by atoms with E-state index in [1.807, 2.05) is 29.2 Å². The van der Waals surface area contributed by atoms with Gasteiger partial charge in [0.1, 0.15) is 17.1 Å². The van der Waals surface area contributed by atoms with Crippen molar-refractivity contribution in [2.45, 2.75) is 12.8 Å². The van der Waals surface area contributed by atoms with E-state index in [4.69, 9.17) is 13.9 Å². The summed E-state index contributed by atoms with van der Waals surface area (Å²) in [4.78, 5) is 27.2. The van der Waals surface area contributed by atoms with Crippen LogP contribution in [-0.4, -0.2) is 50.6 Å². The average Bonchev–Trinajstić information content (AvgIpc) is 3.26. The van der Waals surface area contributed by atoms with E-state index in [0.29, 0.717) is 48.4 Å². The third kappa shape index (κ3) is 4.66. The summed E-state index contributed by atoms with van der Waals surface area (Å²) < 4.78 is 16.2. The van der Waals surface area contributed by atoms with Crippen LogP contribution < -0.4 is 14.8 Å². The molecule has 31 heavy (non-hydrogen) atoms. The Hall–Kier alpha value is -3.48. The number of carbonyl (C=O) groups excluding carboxylic acids is 2. The van der Waals surface area contributed by atoms with Crippen molar-refractivity contribution < 1.29 is 23.5 Å². The number of hydrogen-bond acceptors (Lipinski definition) is 5. The Bertz CT molecular complexity index is 1030. The van der Waals surface area contributed by atoms with Gasteiger partial charge in [-0.25, -0.2) is 0 Å². The number of fused-ring (bicyclic) bond motifs is 1. The SMILES string of the molecule is COc1cc(OC)cc(C(=O)NCC2CCN(C(=O)c3cc4ccccc4o3)CC2)c1. The first-order valence-corrected chi connectivity index (χ1v) is 10.4. The second kappa shape index (κ2) is 9.12.